The molecule has 276 valence electrons. The van der Waals surface area contributed by atoms with Gasteiger partial charge in [0.2, 0.25) is 13.6 Å². The maximum Gasteiger partial charge on any atom is 0.412 e. The highest BCUT2D eigenvalue weighted by Gasteiger charge is 2.53. The van der Waals surface area contributed by atoms with Crippen LogP contribution in [0.5, 0.6) is 34.5 Å². The van der Waals surface area contributed by atoms with Crippen LogP contribution in [0.15, 0.2) is 91.0 Å². The number of carbonyl (C=O) groups is 3. The Balaban J connectivity index is 1.09. The average Bonchev–Trinajstić information content (AvgIpc) is 3.83. The number of hydrogen-bond donors (Lipinski definition) is 4. The number of ether oxygens (including phenoxy) is 10. The van der Waals surface area contributed by atoms with Crippen LogP contribution in [0.3, 0.4) is 0 Å². The summed E-state index contributed by atoms with van der Waals surface area (Å²) in [6.07, 6.45) is -10.4. The van der Waals surface area contributed by atoms with Crippen molar-refractivity contribution in [3.8, 4) is 34.5 Å². The predicted octanol–water partition coefficient (Wildman–Crippen LogP) is 5.45. The van der Waals surface area contributed by atoms with Crippen LogP contribution in [0.25, 0.3) is 0 Å². The lowest BCUT2D eigenvalue weighted by atomic mass is 9.98. The smallest absolute Gasteiger partial charge is 0.412 e. The Kier molecular flexibility index (Phi) is 10.5. The first-order chi connectivity index (χ1) is 25.8. The first-order valence-electron chi connectivity index (χ1n) is 16.2. The Bertz CT molecular complexity index is 1930. The molecule has 0 saturated carbocycles. The van der Waals surface area contributed by atoms with Gasteiger partial charge in [-0.25, -0.2) is 14.4 Å². The van der Waals surface area contributed by atoms with E-state index in [1.54, 1.807) is 60.7 Å². The van der Waals surface area contributed by atoms with Crippen molar-refractivity contribution in [1.82, 2.24) is 0 Å². The SMILES string of the molecule is CO[C@H]1O[C@H](CO)[C@@H](OC(=O)Nc2ccc(Oc3ccccc3)cc2)[C@H](OC(=O)Nc2ccc3c(c2)OCO3)[C@@H]1OC(=O)Nc1ccc2c(c1)OCO2. The molecule has 0 aliphatic carbocycles. The van der Waals surface area contributed by atoms with Crippen LogP contribution in [0, 0.1) is 0 Å². The minimum Gasteiger partial charge on any atom is -0.457 e. The van der Waals surface area contributed by atoms with Crippen LogP contribution in [-0.4, -0.2) is 81.4 Å². The molecular weight excluding hydrogens is 698 g/mol. The predicted molar refractivity (Wildman–Crippen MR) is 183 cm³/mol. The second-order valence-corrected chi connectivity index (χ2v) is 11.5. The van der Waals surface area contributed by atoms with Crippen molar-refractivity contribution < 1.29 is 66.9 Å². The molecule has 0 bridgehead atoms. The Hall–Kier alpha value is -6.43. The van der Waals surface area contributed by atoms with Gasteiger partial charge in [-0.1, -0.05) is 18.2 Å². The van der Waals surface area contributed by atoms with Gasteiger partial charge in [-0.2, -0.15) is 0 Å². The lowest BCUT2D eigenvalue weighted by Gasteiger charge is -2.43. The molecule has 3 aliphatic rings. The van der Waals surface area contributed by atoms with Gasteiger partial charge in [0, 0.05) is 36.3 Å². The summed E-state index contributed by atoms with van der Waals surface area (Å²) in [5.74, 6) is 2.93. The van der Waals surface area contributed by atoms with Gasteiger partial charge in [0.25, 0.3) is 0 Å². The molecule has 3 heterocycles. The lowest BCUT2D eigenvalue weighted by molar-refractivity contribution is -0.290. The first kappa shape index (κ1) is 35.0. The van der Waals surface area contributed by atoms with Crippen molar-refractivity contribution in [3.63, 3.8) is 0 Å². The van der Waals surface area contributed by atoms with E-state index in [2.05, 4.69) is 16.0 Å². The molecule has 1 fully saturated rings. The Morgan fingerprint density at radius 3 is 1.68 bits per heavy atom. The monoisotopic (exact) mass is 731 g/mol. The van der Waals surface area contributed by atoms with Crippen molar-refractivity contribution in [2.45, 2.75) is 30.7 Å². The molecule has 4 N–H and O–H groups in total. The van der Waals surface area contributed by atoms with Gasteiger partial charge >= 0.3 is 18.3 Å². The Labute approximate surface area is 301 Å². The third-order valence-corrected chi connectivity index (χ3v) is 8.05. The molecule has 17 nitrogen and oxygen atoms in total. The number of aliphatic hydroxyl groups excluding tert-OH is 1. The highest BCUT2D eigenvalue weighted by molar-refractivity contribution is 5.87. The number of rotatable bonds is 10. The number of para-hydroxylation sites is 1. The molecule has 17 heteroatoms. The van der Waals surface area contributed by atoms with Crippen LogP contribution >= 0.6 is 0 Å². The lowest BCUT2D eigenvalue weighted by Crippen LogP contribution is -2.63. The molecular formula is C36H33N3O14. The number of carbonyl (C=O) groups excluding carboxylic acids is 3. The molecule has 0 radical (unpaired) electrons. The fourth-order valence-electron chi connectivity index (χ4n) is 5.61. The molecule has 1 saturated heterocycles. The van der Waals surface area contributed by atoms with Crippen molar-refractivity contribution in [2.75, 3.05) is 43.3 Å². The molecule has 3 aliphatic heterocycles. The quantitative estimate of drug-likeness (QED) is 0.150. The number of nitrogens with one attached hydrogen (secondary N) is 3. The third-order valence-electron chi connectivity index (χ3n) is 8.05. The van der Waals surface area contributed by atoms with Gasteiger partial charge in [-0.3, -0.25) is 16.0 Å². The van der Waals surface area contributed by atoms with E-state index in [1.165, 1.54) is 19.2 Å². The van der Waals surface area contributed by atoms with Crippen LogP contribution in [-0.2, 0) is 23.7 Å². The summed E-state index contributed by atoms with van der Waals surface area (Å²) in [5.41, 5.74) is 0.904. The highest BCUT2D eigenvalue weighted by Crippen LogP contribution is 2.36. The fourth-order valence-corrected chi connectivity index (χ4v) is 5.61. The maximum atomic E-state index is 13.4. The van der Waals surface area contributed by atoms with E-state index in [0.717, 1.165) is 0 Å². The van der Waals surface area contributed by atoms with Gasteiger partial charge in [-0.15, -0.1) is 0 Å². The zero-order valence-corrected chi connectivity index (χ0v) is 27.9. The number of aliphatic hydroxyl groups is 1. The van der Waals surface area contributed by atoms with Crippen LogP contribution in [0.2, 0.25) is 0 Å². The first-order valence-corrected chi connectivity index (χ1v) is 16.2. The summed E-state index contributed by atoms with van der Waals surface area (Å²) >= 11 is 0. The third kappa shape index (κ3) is 8.39. The minimum absolute atomic E-state index is 0.0201. The minimum atomic E-state index is -1.59. The Morgan fingerprint density at radius 2 is 1.11 bits per heavy atom. The number of fused-ring (bicyclic) bond motifs is 2. The summed E-state index contributed by atoms with van der Waals surface area (Å²) in [5, 5.41) is 18.0. The molecule has 3 amide bonds. The average molecular weight is 732 g/mol. The molecule has 0 unspecified atom stereocenters. The summed E-state index contributed by atoms with van der Waals surface area (Å²) in [6, 6.07) is 24.9. The van der Waals surface area contributed by atoms with Crippen molar-refractivity contribution >= 4 is 35.3 Å². The van der Waals surface area contributed by atoms with E-state index in [-0.39, 0.29) is 19.3 Å². The Morgan fingerprint density at radius 1 is 0.623 bits per heavy atom. The van der Waals surface area contributed by atoms with Gasteiger partial charge in [0.05, 0.1) is 6.61 Å². The number of methoxy groups -OCH3 is 1. The van der Waals surface area contributed by atoms with E-state index in [4.69, 9.17) is 47.4 Å². The molecule has 7 rings (SSSR count). The van der Waals surface area contributed by atoms with E-state index in [1.807, 2.05) is 18.2 Å². The van der Waals surface area contributed by atoms with E-state index in [9.17, 15) is 19.5 Å². The normalized spacial score (nSPS) is 20.8. The van der Waals surface area contributed by atoms with Gasteiger partial charge in [0.15, 0.2) is 47.6 Å². The number of anilines is 3. The highest BCUT2D eigenvalue weighted by atomic mass is 16.7. The van der Waals surface area contributed by atoms with Crippen molar-refractivity contribution in [3.05, 3.63) is 91.0 Å². The van der Waals surface area contributed by atoms with Crippen LogP contribution < -0.4 is 39.6 Å². The topological polar surface area (TPSA) is 200 Å². The largest absolute Gasteiger partial charge is 0.457 e. The van der Waals surface area contributed by atoms with Crippen molar-refractivity contribution in [2.24, 2.45) is 0 Å². The second-order valence-electron chi connectivity index (χ2n) is 11.5. The van der Waals surface area contributed by atoms with Gasteiger partial charge in [0.1, 0.15) is 17.6 Å². The summed E-state index contributed by atoms with van der Waals surface area (Å²) in [6.45, 7) is -0.657. The standard InChI is InChI=1S/C36H33N3O14/c1-44-33-32(53-36(43)39-22-10-14-26-28(16-22)48-19-46-26)31(52-35(42)38-21-9-13-25-27(15-21)47-18-45-25)30(29(17-40)50-33)51-34(41)37-20-7-11-24(12-8-20)49-23-5-3-2-4-6-23/h2-16,29-33,40H,17-19H2,1H3,(H,37,41)(H,38,42)(H,39,43)/t29-,30-,31+,32+,33+/m1/s1. The van der Waals surface area contributed by atoms with E-state index in [0.29, 0.717) is 45.9 Å². The molecule has 53 heavy (non-hydrogen) atoms. The maximum absolute atomic E-state index is 13.4. The summed E-state index contributed by atoms with van der Waals surface area (Å²) < 4.78 is 55.7. The number of benzene rings is 4. The summed E-state index contributed by atoms with van der Waals surface area (Å²) in [7, 11) is 1.26. The van der Waals surface area contributed by atoms with Gasteiger partial charge < -0.3 is 52.5 Å². The zero-order valence-electron chi connectivity index (χ0n) is 27.9. The fraction of sp³-hybridized carbons (Fsp3) is 0.250. The molecule has 5 atom stereocenters. The zero-order chi connectivity index (χ0) is 36.7. The van der Waals surface area contributed by atoms with E-state index < -0.39 is 55.6 Å². The second kappa shape index (κ2) is 15.9. The van der Waals surface area contributed by atoms with Crippen LogP contribution in [0.1, 0.15) is 0 Å². The van der Waals surface area contributed by atoms with Gasteiger partial charge in [-0.05, 0) is 60.7 Å². The molecule has 0 aromatic heterocycles. The van der Waals surface area contributed by atoms with E-state index >= 15 is 0 Å². The number of amides is 3. The van der Waals surface area contributed by atoms with Crippen molar-refractivity contribution in [1.29, 1.82) is 0 Å². The molecule has 4 aromatic carbocycles. The number of hydrogen-bond acceptors (Lipinski definition) is 14. The van der Waals surface area contributed by atoms with Crippen LogP contribution in [0.4, 0.5) is 31.4 Å². The molecule has 0 spiro atoms. The summed E-state index contributed by atoms with van der Waals surface area (Å²) in [4.78, 5) is 40.0. The molecule has 4 aromatic rings.